The molecule has 16 heavy (non-hydrogen) atoms. The van der Waals surface area contributed by atoms with Crippen molar-refractivity contribution in [1.82, 2.24) is 0 Å². The predicted octanol–water partition coefficient (Wildman–Crippen LogP) is 2.37. The molecule has 0 aliphatic carbocycles. The molecule has 0 aliphatic rings. The Morgan fingerprint density at radius 2 is 1.94 bits per heavy atom. The van der Waals surface area contributed by atoms with Gasteiger partial charge >= 0.3 is 0 Å². The third-order valence-electron chi connectivity index (χ3n) is 2.43. The van der Waals surface area contributed by atoms with E-state index in [1.165, 1.54) is 6.07 Å². The molecule has 0 amide bonds. The highest BCUT2D eigenvalue weighted by Crippen LogP contribution is 2.23. The van der Waals surface area contributed by atoms with Gasteiger partial charge in [0.1, 0.15) is 11.6 Å². The highest BCUT2D eigenvalue weighted by molar-refractivity contribution is 5.22. The fraction of sp³-hybridized carbons (Fsp3) is 0.500. The summed E-state index contributed by atoms with van der Waals surface area (Å²) in [5.74, 6) is -1.11. The zero-order valence-electron chi connectivity index (χ0n) is 9.45. The molecule has 0 fully saturated rings. The number of hydrogen-bond acceptors (Lipinski definition) is 2. The Morgan fingerprint density at radius 1 is 1.31 bits per heavy atom. The van der Waals surface area contributed by atoms with Gasteiger partial charge in [-0.25, -0.2) is 8.78 Å². The topological polar surface area (TPSA) is 46.2 Å². The Hall–Kier alpha value is -1.00. The minimum atomic E-state index is -1.09. The van der Waals surface area contributed by atoms with E-state index in [1.54, 1.807) is 0 Å². The van der Waals surface area contributed by atoms with Crippen LogP contribution in [0.25, 0.3) is 0 Å². The van der Waals surface area contributed by atoms with Gasteiger partial charge in [0.25, 0.3) is 0 Å². The Balaban J connectivity index is 2.83. The number of benzene rings is 1. The van der Waals surface area contributed by atoms with Crippen LogP contribution in [0.2, 0.25) is 0 Å². The maximum absolute atomic E-state index is 13.3. The van der Waals surface area contributed by atoms with Crippen LogP contribution >= 0.6 is 0 Å². The van der Waals surface area contributed by atoms with Crippen molar-refractivity contribution in [2.24, 2.45) is 11.7 Å². The summed E-state index contributed by atoms with van der Waals surface area (Å²) in [5, 5.41) is 9.82. The third kappa shape index (κ3) is 3.25. The lowest BCUT2D eigenvalue weighted by Crippen LogP contribution is -2.30. The molecule has 1 aromatic carbocycles. The number of halogens is 2. The summed E-state index contributed by atoms with van der Waals surface area (Å²) in [7, 11) is 0. The smallest absolute Gasteiger partial charge is 0.131 e. The molecule has 1 aromatic rings. The Morgan fingerprint density at radius 3 is 2.44 bits per heavy atom. The van der Waals surface area contributed by atoms with Gasteiger partial charge in [0, 0.05) is 17.7 Å². The predicted molar refractivity (Wildman–Crippen MR) is 58.7 cm³/mol. The molecular weight excluding hydrogens is 212 g/mol. The minimum Gasteiger partial charge on any atom is -0.387 e. The van der Waals surface area contributed by atoms with Crippen LogP contribution in [-0.4, -0.2) is 11.1 Å². The average molecular weight is 229 g/mol. The Labute approximate surface area is 94.1 Å². The second-order valence-electron chi connectivity index (χ2n) is 4.40. The molecule has 0 aromatic heterocycles. The van der Waals surface area contributed by atoms with E-state index >= 15 is 0 Å². The van der Waals surface area contributed by atoms with Crippen LogP contribution in [0.1, 0.15) is 31.9 Å². The quantitative estimate of drug-likeness (QED) is 0.832. The number of aliphatic hydroxyl groups is 1. The number of aliphatic hydroxyl groups excluding tert-OH is 1. The van der Waals surface area contributed by atoms with Crippen LogP contribution in [-0.2, 0) is 0 Å². The maximum Gasteiger partial charge on any atom is 0.131 e. The first kappa shape index (κ1) is 13.1. The number of nitrogens with two attached hydrogens (primary N) is 1. The number of rotatable bonds is 4. The van der Waals surface area contributed by atoms with Gasteiger partial charge in [-0.2, -0.15) is 0 Å². The molecule has 0 aliphatic heterocycles. The molecule has 0 heterocycles. The van der Waals surface area contributed by atoms with Gasteiger partial charge in [-0.3, -0.25) is 0 Å². The SMILES string of the molecule is CC(C)CC(N)C(O)c1ccc(F)cc1F. The van der Waals surface area contributed by atoms with E-state index in [4.69, 9.17) is 5.73 Å². The highest BCUT2D eigenvalue weighted by Gasteiger charge is 2.21. The lowest BCUT2D eigenvalue weighted by atomic mass is 9.95. The maximum atomic E-state index is 13.3. The molecule has 2 atom stereocenters. The first-order valence-corrected chi connectivity index (χ1v) is 5.30. The molecule has 0 saturated heterocycles. The van der Waals surface area contributed by atoms with E-state index in [9.17, 15) is 13.9 Å². The van der Waals surface area contributed by atoms with Crippen LogP contribution in [0.5, 0.6) is 0 Å². The van der Waals surface area contributed by atoms with Crippen molar-refractivity contribution >= 4 is 0 Å². The van der Waals surface area contributed by atoms with Crippen molar-refractivity contribution in [3.63, 3.8) is 0 Å². The van der Waals surface area contributed by atoms with Crippen molar-refractivity contribution < 1.29 is 13.9 Å². The van der Waals surface area contributed by atoms with Gasteiger partial charge in [-0.05, 0) is 18.4 Å². The normalized spacial score (nSPS) is 15.2. The summed E-state index contributed by atoms with van der Waals surface area (Å²) >= 11 is 0. The van der Waals surface area contributed by atoms with Crippen molar-refractivity contribution in [3.8, 4) is 0 Å². The number of hydrogen-bond donors (Lipinski definition) is 2. The van der Waals surface area contributed by atoms with Gasteiger partial charge in [0.2, 0.25) is 0 Å². The van der Waals surface area contributed by atoms with E-state index in [0.717, 1.165) is 12.1 Å². The van der Waals surface area contributed by atoms with Gasteiger partial charge in [-0.1, -0.05) is 19.9 Å². The Kier molecular flexibility index (Phi) is 4.38. The van der Waals surface area contributed by atoms with E-state index < -0.39 is 23.8 Å². The van der Waals surface area contributed by atoms with E-state index in [0.29, 0.717) is 12.3 Å². The summed E-state index contributed by atoms with van der Waals surface area (Å²) < 4.78 is 26.0. The second-order valence-corrected chi connectivity index (χ2v) is 4.40. The standard InChI is InChI=1S/C12H17F2NO/c1-7(2)5-11(15)12(16)9-4-3-8(13)6-10(9)14/h3-4,6-7,11-12,16H,5,15H2,1-2H3. The molecule has 2 nitrogen and oxygen atoms in total. The van der Waals surface area contributed by atoms with Gasteiger partial charge in [-0.15, -0.1) is 0 Å². The zero-order chi connectivity index (χ0) is 12.3. The molecule has 0 radical (unpaired) electrons. The minimum absolute atomic E-state index is 0.0505. The van der Waals surface area contributed by atoms with Crippen LogP contribution in [0.4, 0.5) is 8.78 Å². The molecule has 4 heteroatoms. The fourth-order valence-electron chi connectivity index (χ4n) is 1.65. The molecule has 0 spiro atoms. The molecule has 3 N–H and O–H groups in total. The lowest BCUT2D eigenvalue weighted by Gasteiger charge is -2.21. The second kappa shape index (κ2) is 5.37. The van der Waals surface area contributed by atoms with Gasteiger partial charge < -0.3 is 10.8 Å². The Bertz CT molecular complexity index is 355. The fourth-order valence-corrected chi connectivity index (χ4v) is 1.65. The monoisotopic (exact) mass is 229 g/mol. The summed E-state index contributed by atoms with van der Waals surface area (Å²) in [4.78, 5) is 0. The summed E-state index contributed by atoms with van der Waals surface area (Å²) in [6.07, 6.45) is -0.513. The molecule has 0 saturated carbocycles. The summed E-state index contributed by atoms with van der Waals surface area (Å²) in [6, 6.07) is 2.56. The van der Waals surface area contributed by atoms with E-state index in [2.05, 4.69) is 0 Å². The zero-order valence-corrected chi connectivity index (χ0v) is 9.45. The largest absolute Gasteiger partial charge is 0.387 e. The van der Waals surface area contributed by atoms with Crippen LogP contribution in [0.3, 0.4) is 0 Å². The van der Waals surface area contributed by atoms with Crippen molar-refractivity contribution in [3.05, 3.63) is 35.4 Å². The molecule has 2 unspecified atom stereocenters. The summed E-state index contributed by atoms with van der Waals surface area (Å²) in [6.45, 7) is 3.93. The average Bonchev–Trinajstić information content (AvgIpc) is 2.15. The van der Waals surface area contributed by atoms with Crippen molar-refractivity contribution in [2.45, 2.75) is 32.4 Å². The van der Waals surface area contributed by atoms with Gasteiger partial charge in [0.05, 0.1) is 6.10 Å². The molecule has 1 rings (SSSR count). The van der Waals surface area contributed by atoms with Crippen LogP contribution in [0, 0.1) is 17.6 Å². The first-order chi connectivity index (χ1) is 7.41. The molecule has 0 bridgehead atoms. The van der Waals surface area contributed by atoms with E-state index in [-0.39, 0.29) is 5.56 Å². The highest BCUT2D eigenvalue weighted by atomic mass is 19.1. The van der Waals surface area contributed by atoms with Crippen LogP contribution in [0.15, 0.2) is 18.2 Å². The summed E-state index contributed by atoms with van der Waals surface area (Å²) in [5.41, 5.74) is 5.80. The third-order valence-corrected chi connectivity index (χ3v) is 2.43. The first-order valence-electron chi connectivity index (χ1n) is 5.30. The van der Waals surface area contributed by atoms with Gasteiger partial charge in [0.15, 0.2) is 0 Å². The van der Waals surface area contributed by atoms with Crippen molar-refractivity contribution in [1.29, 1.82) is 0 Å². The van der Waals surface area contributed by atoms with Crippen molar-refractivity contribution in [2.75, 3.05) is 0 Å². The molecular formula is C12H17F2NO. The van der Waals surface area contributed by atoms with Crippen LogP contribution < -0.4 is 5.73 Å². The van der Waals surface area contributed by atoms with E-state index in [1.807, 2.05) is 13.8 Å². The molecule has 90 valence electrons. The lowest BCUT2D eigenvalue weighted by molar-refractivity contribution is 0.132.